The van der Waals surface area contributed by atoms with E-state index in [-0.39, 0.29) is 41.5 Å². The number of benzene rings is 1. The van der Waals surface area contributed by atoms with E-state index in [1.807, 2.05) is 24.2 Å². The Labute approximate surface area is 213 Å². The molecule has 5 heterocycles. The number of halogens is 3. The number of aryl methyl sites for hydroxylation is 1. The number of nitrogens with two attached hydrogens (primary N) is 1. The van der Waals surface area contributed by atoms with E-state index >= 15 is 0 Å². The number of aromatic nitrogens is 4. The first-order valence-corrected chi connectivity index (χ1v) is 13.3. The normalized spacial score (nSPS) is 33.1. The second-order valence-corrected chi connectivity index (χ2v) is 11.5. The molecule has 10 heteroatoms. The molecule has 2 bridgehead atoms. The minimum atomic E-state index is -4.55. The van der Waals surface area contributed by atoms with Crippen molar-refractivity contribution in [2.24, 2.45) is 30.5 Å². The van der Waals surface area contributed by atoms with Crippen LogP contribution < -0.4 is 10.6 Å². The number of alkyl halides is 3. The quantitative estimate of drug-likeness (QED) is 0.553. The zero-order valence-corrected chi connectivity index (χ0v) is 20.7. The lowest BCUT2D eigenvalue weighted by atomic mass is 9.80. The number of fused-ring (bicyclic) bond motifs is 4. The zero-order valence-electron chi connectivity index (χ0n) is 20.7. The van der Waals surface area contributed by atoms with Gasteiger partial charge < -0.3 is 15.4 Å². The third-order valence-corrected chi connectivity index (χ3v) is 9.15. The van der Waals surface area contributed by atoms with Crippen LogP contribution in [0.3, 0.4) is 0 Å². The largest absolute Gasteiger partial charge is 0.420 e. The molecule has 4 fully saturated rings. The monoisotopic (exact) mass is 512 g/mol. The van der Waals surface area contributed by atoms with Crippen LogP contribution in [-0.4, -0.2) is 50.8 Å². The highest BCUT2D eigenvalue weighted by molar-refractivity contribution is 5.83. The first kappa shape index (κ1) is 23.4. The standard InChI is InChI=1S/C27H31F3N6O/c1-35-12-17-6-14(2-4-22(17)34-35)23-11-21(27(28,29)30)26(33-32-23)36-13-16-7-18(31)10-20(16)24(36)9-15-8-19-3-5-25(15)37-19/h2,4,6,11-12,15-16,18-20,24-25H,3,5,7-10,13,31H2,1H3/t15-,16-,18+,19+,20+,24+,25+/m1/s1. The van der Waals surface area contributed by atoms with E-state index < -0.39 is 11.7 Å². The lowest BCUT2D eigenvalue weighted by molar-refractivity contribution is -0.137. The molecule has 196 valence electrons. The van der Waals surface area contributed by atoms with Gasteiger partial charge in [0.2, 0.25) is 0 Å². The summed E-state index contributed by atoms with van der Waals surface area (Å²) < 4.78 is 51.3. The fraction of sp³-hybridized carbons (Fsp3) is 0.593. The van der Waals surface area contributed by atoms with Crippen LogP contribution in [-0.2, 0) is 18.0 Å². The Balaban J connectivity index is 1.25. The Hall–Kier alpha value is -2.72. The summed E-state index contributed by atoms with van der Waals surface area (Å²) in [6.45, 7) is 0.545. The van der Waals surface area contributed by atoms with Gasteiger partial charge in [0.25, 0.3) is 0 Å². The molecular weight excluding hydrogens is 481 g/mol. The third kappa shape index (κ3) is 4.00. The molecule has 1 saturated carbocycles. The van der Waals surface area contributed by atoms with Gasteiger partial charge in [-0.2, -0.15) is 18.3 Å². The summed E-state index contributed by atoms with van der Waals surface area (Å²) in [4.78, 5) is 1.91. The molecule has 0 amide bonds. The highest BCUT2D eigenvalue weighted by Gasteiger charge is 2.52. The maximum atomic E-state index is 14.5. The molecule has 3 saturated heterocycles. The molecule has 0 radical (unpaired) electrons. The summed E-state index contributed by atoms with van der Waals surface area (Å²) in [6.07, 6.45) is 3.53. The van der Waals surface area contributed by atoms with Crippen molar-refractivity contribution in [3.8, 4) is 11.3 Å². The van der Waals surface area contributed by atoms with Crippen molar-refractivity contribution >= 4 is 16.7 Å². The van der Waals surface area contributed by atoms with Gasteiger partial charge in [0.05, 0.1) is 23.4 Å². The first-order valence-electron chi connectivity index (χ1n) is 13.3. The van der Waals surface area contributed by atoms with Gasteiger partial charge in [-0.3, -0.25) is 4.68 Å². The molecule has 2 aromatic heterocycles. The van der Waals surface area contributed by atoms with E-state index in [1.54, 1.807) is 16.8 Å². The molecule has 2 N–H and O–H groups in total. The van der Waals surface area contributed by atoms with Gasteiger partial charge in [0, 0.05) is 42.8 Å². The fourth-order valence-corrected chi connectivity index (χ4v) is 7.60. The lowest BCUT2D eigenvalue weighted by Crippen LogP contribution is -2.39. The molecule has 7 rings (SSSR count). The van der Waals surface area contributed by atoms with Gasteiger partial charge >= 0.3 is 6.18 Å². The van der Waals surface area contributed by atoms with Crippen LogP contribution in [0, 0.1) is 17.8 Å². The first-order chi connectivity index (χ1) is 17.7. The minimum Gasteiger partial charge on any atom is -0.375 e. The second-order valence-electron chi connectivity index (χ2n) is 11.5. The van der Waals surface area contributed by atoms with Crippen molar-refractivity contribution < 1.29 is 17.9 Å². The van der Waals surface area contributed by atoms with E-state index in [0.29, 0.717) is 24.1 Å². The van der Waals surface area contributed by atoms with Crippen molar-refractivity contribution in [2.45, 2.75) is 69.0 Å². The van der Waals surface area contributed by atoms with Crippen LogP contribution in [0.4, 0.5) is 19.0 Å². The summed E-state index contributed by atoms with van der Waals surface area (Å²) in [5.74, 6) is 0.907. The summed E-state index contributed by atoms with van der Waals surface area (Å²) in [6, 6.07) is 6.61. The summed E-state index contributed by atoms with van der Waals surface area (Å²) in [5, 5.41) is 13.8. The molecule has 0 unspecified atom stereocenters. The number of hydrogen-bond acceptors (Lipinski definition) is 6. The number of nitrogens with zero attached hydrogens (tertiary/aromatic N) is 5. The van der Waals surface area contributed by atoms with E-state index in [1.165, 1.54) is 0 Å². The SMILES string of the molecule is Cn1cc2cc(-c3cc(C(F)(F)F)c(N4C[C@H]5C[C@H](N)C[C@@H]5[C@@H]4C[C@H]4C[C@@H]5CC[C@@H]4O5)nn3)ccc2n1. The van der Waals surface area contributed by atoms with Crippen LogP contribution in [0.1, 0.15) is 44.1 Å². The van der Waals surface area contributed by atoms with Crippen molar-refractivity contribution in [1.82, 2.24) is 20.0 Å². The van der Waals surface area contributed by atoms with Gasteiger partial charge in [0.15, 0.2) is 5.82 Å². The van der Waals surface area contributed by atoms with E-state index in [9.17, 15) is 13.2 Å². The van der Waals surface area contributed by atoms with Crippen LogP contribution >= 0.6 is 0 Å². The Kier molecular flexibility index (Phi) is 5.31. The molecule has 0 spiro atoms. The molecule has 37 heavy (non-hydrogen) atoms. The van der Waals surface area contributed by atoms with Crippen LogP contribution in [0.15, 0.2) is 30.5 Å². The van der Waals surface area contributed by atoms with Gasteiger partial charge in [-0.05, 0) is 74.5 Å². The molecular formula is C27H31F3N6O. The fourth-order valence-electron chi connectivity index (χ4n) is 7.60. The van der Waals surface area contributed by atoms with E-state index in [0.717, 1.165) is 55.5 Å². The Morgan fingerprint density at radius 2 is 1.97 bits per heavy atom. The maximum absolute atomic E-state index is 14.5. The molecule has 1 aromatic carbocycles. The van der Waals surface area contributed by atoms with Crippen LogP contribution in [0.2, 0.25) is 0 Å². The number of hydrogen-bond donors (Lipinski definition) is 1. The third-order valence-electron chi connectivity index (χ3n) is 9.15. The molecule has 7 nitrogen and oxygen atoms in total. The van der Waals surface area contributed by atoms with Gasteiger partial charge in [0.1, 0.15) is 5.56 Å². The minimum absolute atomic E-state index is 0.0282. The van der Waals surface area contributed by atoms with Gasteiger partial charge in [-0.15, -0.1) is 10.2 Å². The van der Waals surface area contributed by atoms with Crippen molar-refractivity contribution in [1.29, 1.82) is 0 Å². The van der Waals surface area contributed by atoms with Gasteiger partial charge in [-0.1, -0.05) is 6.07 Å². The maximum Gasteiger partial charge on any atom is 0.420 e. The molecule has 1 aliphatic carbocycles. The zero-order chi connectivity index (χ0) is 25.5. The Bertz CT molecular complexity index is 1340. The van der Waals surface area contributed by atoms with Crippen LogP contribution in [0.25, 0.3) is 22.2 Å². The van der Waals surface area contributed by atoms with Crippen LogP contribution in [0.5, 0.6) is 0 Å². The second kappa shape index (κ2) is 8.39. The Morgan fingerprint density at radius 3 is 2.73 bits per heavy atom. The lowest BCUT2D eigenvalue weighted by Gasteiger charge is -2.34. The smallest absolute Gasteiger partial charge is 0.375 e. The van der Waals surface area contributed by atoms with Crippen molar-refractivity contribution in [2.75, 3.05) is 11.4 Å². The molecule has 3 aliphatic heterocycles. The van der Waals surface area contributed by atoms with Gasteiger partial charge in [-0.25, -0.2) is 0 Å². The summed E-state index contributed by atoms with van der Waals surface area (Å²) in [5.41, 5.74) is 7.16. The highest BCUT2D eigenvalue weighted by Crippen LogP contribution is 2.50. The predicted molar refractivity (Wildman–Crippen MR) is 133 cm³/mol. The van der Waals surface area contributed by atoms with Crippen molar-refractivity contribution in [3.05, 3.63) is 36.0 Å². The molecule has 4 aliphatic rings. The average molecular weight is 513 g/mol. The average Bonchev–Trinajstić information content (AvgIpc) is 3.65. The van der Waals surface area contributed by atoms with Crippen molar-refractivity contribution in [3.63, 3.8) is 0 Å². The number of rotatable bonds is 4. The predicted octanol–water partition coefficient (Wildman–Crippen LogP) is 4.55. The van der Waals surface area contributed by atoms with E-state index in [4.69, 9.17) is 10.5 Å². The molecule has 3 aromatic rings. The number of anilines is 1. The molecule has 7 atom stereocenters. The summed E-state index contributed by atoms with van der Waals surface area (Å²) in [7, 11) is 1.81. The Morgan fingerprint density at radius 1 is 1.11 bits per heavy atom. The number of ether oxygens (including phenoxy) is 1. The van der Waals surface area contributed by atoms with E-state index in [2.05, 4.69) is 15.3 Å². The summed E-state index contributed by atoms with van der Waals surface area (Å²) >= 11 is 0. The topological polar surface area (TPSA) is 82.1 Å². The highest BCUT2D eigenvalue weighted by atomic mass is 19.4.